The molecule has 0 atom stereocenters. The number of nitrogens with one attached hydrogen (secondary N) is 1. The van der Waals surface area contributed by atoms with Crippen LogP contribution in [-0.2, 0) is 4.74 Å². The second-order valence-corrected chi connectivity index (χ2v) is 5.73. The summed E-state index contributed by atoms with van der Waals surface area (Å²) in [6.07, 6.45) is 0. The average molecular weight is 254 g/mol. The monoisotopic (exact) mass is 254 g/mol. The Kier molecular flexibility index (Phi) is 3.86. The van der Waals surface area contributed by atoms with Gasteiger partial charge in [0.1, 0.15) is 16.7 Å². The van der Waals surface area contributed by atoms with Gasteiger partial charge in [0.25, 0.3) is 0 Å². The molecule has 0 aliphatic carbocycles. The number of nitrogens with two attached hydrogens (primary N) is 1. The normalized spacial score (nSPS) is 16.1. The van der Waals surface area contributed by atoms with Crippen molar-refractivity contribution in [1.82, 2.24) is 9.97 Å². The molecule has 0 amide bonds. The van der Waals surface area contributed by atoms with E-state index in [-0.39, 0.29) is 0 Å². The number of rotatable bonds is 4. The van der Waals surface area contributed by atoms with E-state index in [1.165, 1.54) is 0 Å². The average Bonchev–Trinajstić information content (AvgIpc) is 2.24. The molecule has 94 valence electrons. The molecule has 1 aliphatic rings. The fraction of sp³-hybridized carbons (Fsp3) is 0.636. The minimum absolute atomic E-state index is 0.291. The van der Waals surface area contributed by atoms with E-state index in [0.717, 1.165) is 29.6 Å². The lowest BCUT2D eigenvalue weighted by Gasteiger charge is -2.25. The number of aromatic nitrogens is 2. The van der Waals surface area contributed by atoms with Gasteiger partial charge in [0.15, 0.2) is 0 Å². The Morgan fingerprint density at radius 3 is 2.59 bits per heavy atom. The van der Waals surface area contributed by atoms with Crippen molar-refractivity contribution in [1.29, 1.82) is 0 Å². The van der Waals surface area contributed by atoms with Crippen LogP contribution in [0.2, 0.25) is 0 Å². The maximum absolute atomic E-state index is 5.49. The highest BCUT2D eigenvalue weighted by Crippen LogP contribution is 2.32. The van der Waals surface area contributed by atoms with Crippen LogP contribution in [0, 0.1) is 6.92 Å². The quantitative estimate of drug-likeness (QED) is 0.484. The van der Waals surface area contributed by atoms with Crippen molar-refractivity contribution in [2.45, 2.75) is 37.0 Å². The predicted molar refractivity (Wildman–Crippen MR) is 69.1 cm³/mol. The van der Waals surface area contributed by atoms with Gasteiger partial charge >= 0.3 is 0 Å². The fourth-order valence-corrected chi connectivity index (χ4v) is 2.53. The first kappa shape index (κ1) is 12.6. The summed E-state index contributed by atoms with van der Waals surface area (Å²) in [7, 11) is 0. The van der Waals surface area contributed by atoms with E-state index in [4.69, 9.17) is 10.6 Å². The van der Waals surface area contributed by atoms with Gasteiger partial charge in [-0.25, -0.2) is 15.8 Å². The SMILES string of the molecule is Cc1c(NN)nc(C(C)C)nc1SC1COC1. The van der Waals surface area contributed by atoms with Crippen molar-refractivity contribution < 1.29 is 4.74 Å². The first-order valence-corrected chi connectivity index (χ1v) is 6.59. The van der Waals surface area contributed by atoms with Crippen molar-refractivity contribution in [2.24, 2.45) is 5.84 Å². The Hall–Kier alpha value is -0.850. The molecule has 17 heavy (non-hydrogen) atoms. The predicted octanol–water partition coefficient (Wildman–Crippen LogP) is 1.68. The Balaban J connectivity index is 2.30. The van der Waals surface area contributed by atoms with E-state index < -0.39 is 0 Å². The van der Waals surface area contributed by atoms with Gasteiger partial charge in [0.05, 0.1) is 18.5 Å². The molecule has 0 spiro atoms. The molecular weight excluding hydrogens is 236 g/mol. The van der Waals surface area contributed by atoms with Gasteiger partial charge in [0.2, 0.25) is 0 Å². The molecule has 0 saturated carbocycles. The highest BCUT2D eigenvalue weighted by Gasteiger charge is 2.23. The summed E-state index contributed by atoms with van der Waals surface area (Å²) in [5.41, 5.74) is 3.65. The molecule has 1 aliphatic heterocycles. The molecule has 1 saturated heterocycles. The van der Waals surface area contributed by atoms with E-state index in [9.17, 15) is 0 Å². The maximum Gasteiger partial charge on any atom is 0.147 e. The van der Waals surface area contributed by atoms with E-state index >= 15 is 0 Å². The number of nitrogens with zero attached hydrogens (tertiary/aromatic N) is 2. The van der Waals surface area contributed by atoms with Crippen molar-refractivity contribution >= 4 is 17.6 Å². The summed E-state index contributed by atoms with van der Waals surface area (Å²) < 4.78 is 5.18. The number of hydrogen-bond donors (Lipinski definition) is 2. The summed E-state index contributed by atoms with van der Waals surface area (Å²) in [6, 6.07) is 0. The summed E-state index contributed by atoms with van der Waals surface area (Å²) in [6.45, 7) is 7.74. The third-order valence-electron chi connectivity index (χ3n) is 2.66. The lowest BCUT2D eigenvalue weighted by atomic mass is 10.2. The van der Waals surface area contributed by atoms with Crippen LogP contribution in [0.1, 0.15) is 31.2 Å². The Labute approximate surface area is 106 Å². The molecule has 1 aromatic heterocycles. The Bertz CT molecular complexity index is 407. The smallest absolute Gasteiger partial charge is 0.147 e. The van der Waals surface area contributed by atoms with Gasteiger partial charge in [-0.05, 0) is 6.92 Å². The largest absolute Gasteiger partial charge is 0.379 e. The molecule has 6 heteroatoms. The van der Waals surface area contributed by atoms with E-state index in [1.807, 2.05) is 6.92 Å². The second-order valence-electron chi connectivity index (χ2n) is 4.44. The van der Waals surface area contributed by atoms with Crippen LogP contribution in [0.25, 0.3) is 0 Å². The maximum atomic E-state index is 5.49. The highest BCUT2D eigenvalue weighted by atomic mass is 32.2. The minimum Gasteiger partial charge on any atom is -0.379 e. The number of nitrogen functional groups attached to an aromatic ring is 1. The molecule has 0 aromatic carbocycles. The van der Waals surface area contributed by atoms with Crippen molar-refractivity contribution in [3.8, 4) is 0 Å². The zero-order valence-corrected chi connectivity index (χ0v) is 11.2. The standard InChI is InChI=1S/C11H18N4OS/c1-6(2)9-13-10(15-12)7(3)11(14-9)17-8-4-16-5-8/h6,8H,4-5,12H2,1-3H3,(H,13,14,15). The molecule has 0 radical (unpaired) electrons. The van der Waals surface area contributed by atoms with E-state index in [1.54, 1.807) is 11.8 Å². The third kappa shape index (κ3) is 2.70. The van der Waals surface area contributed by atoms with Crippen LogP contribution in [0.3, 0.4) is 0 Å². The number of hydrogen-bond acceptors (Lipinski definition) is 6. The summed E-state index contributed by atoms with van der Waals surface area (Å²) in [5, 5.41) is 1.51. The van der Waals surface area contributed by atoms with Gasteiger partial charge in [-0.2, -0.15) is 0 Å². The number of thioether (sulfide) groups is 1. The molecule has 1 aromatic rings. The van der Waals surface area contributed by atoms with Crippen LogP contribution in [0.5, 0.6) is 0 Å². The summed E-state index contributed by atoms with van der Waals surface area (Å²) in [5.74, 6) is 7.32. The van der Waals surface area contributed by atoms with Crippen LogP contribution in [-0.4, -0.2) is 28.4 Å². The molecule has 1 fully saturated rings. The van der Waals surface area contributed by atoms with Gasteiger partial charge in [-0.15, -0.1) is 0 Å². The first-order chi connectivity index (χ1) is 8.11. The molecule has 3 N–H and O–H groups in total. The van der Waals surface area contributed by atoms with Crippen molar-refractivity contribution in [3.63, 3.8) is 0 Å². The highest BCUT2D eigenvalue weighted by molar-refractivity contribution is 8.00. The topological polar surface area (TPSA) is 73.1 Å². The Morgan fingerprint density at radius 2 is 2.12 bits per heavy atom. The fourth-order valence-electron chi connectivity index (χ4n) is 1.47. The zero-order chi connectivity index (χ0) is 12.4. The summed E-state index contributed by atoms with van der Waals surface area (Å²) in [4.78, 5) is 9.01. The molecule has 2 heterocycles. The molecule has 0 bridgehead atoms. The van der Waals surface area contributed by atoms with Gasteiger partial charge < -0.3 is 10.2 Å². The minimum atomic E-state index is 0.291. The molecule has 0 unspecified atom stereocenters. The second kappa shape index (κ2) is 5.20. The zero-order valence-electron chi connectivity index (χ0n) is 10.4. The molecule has 2 rings (SSSR count). The van der Waals surface area contributed by atoms with Gasteiger partial charge in [-0.3, -0.25) is 0 Å². The van der Waals surface area contributed by atoms with Crippen LogP contribution in [0.15, 0.2) is 5.03 Å². The third-order valence-corrected chi connectivity index (χ3v) is 3.88. The molecule has 5 nitrogen and oxygen atoms in total. The van der Waals surface area contributed by atoms with Crippen LogP contribution < -0.4 is 11.3 Å². The van der Waals surface area contributed by atoms with Crippen LogP contribution >= 0.6 is 11.8 Å². The Morgan fingerprint density at radius 1 is 1.41 bits per heavy atom. The van der Waals surface area contributed by atoms with Crippen LogP contribution in [0.4, 0.5) is 5.82 Å². The lowest BCUT2D eigenvalue weighted by Crippen LogP contribution is -2.30. The van der Waals surface area contributed by atoms with Crippen molar-refractivity contribution in [3.05, 3.63) is 11.4 Å². The number of anilines is 1. The van der Waals surface area contributed by atoms with E-state index in [2.05, 4.69) is 29.2 Å². The number of hydrazine groups is 1. The van der Waals surface area contributed by atoms with Gasteiger partial charge in [-0.1, -0.05) is 25.6 Å². The van der Waals surface area contributed by atoms with E-state index in [0.29, 0.717) is 17.0 Å². The van der Waals surface area contributed by atoms with Gasteiger partial charge in [0, 0.05) is 11.5 Å². The first-order valence-electron chi connectivity index (χ1n) is 5.71. The lowest BCUT2D eigenvalue weighted by molar-refractivity contribution is 0.0454. The van der Waals surface area contributed by atoms with Crippen molar-refractivity contribution in [2.75, 3.05) is 18.6 Å². The molecular formula is C11H18N4OS. The number of ether oxygens (including phenoxy) is 1. The summed E-state index contributed by atoms with van der Waals surface area (Å²) >= 11 is 1.75.